The molecule has 0 atom stereocenters. The molecule has 2 aromatic carbocycles. The summed E-state index contributed by atoms with van der Waals surface area (Å²) < 4.78 is 14.7. The third-order valence-electron chi connectivity index (χ3n) is 6.65. The molecule has 35 heavy (non-hydrogen) atoms. The maximum absolute atomic E-state index is 14.7. The first-order valence-electron chi connectivity index (χ1n) is 11.5. The Morgan fingerprint density at radius 3 is 2.60 bits per heavy atom. The number of carbonyl (C=O) groups is 1. The number of para-hydroxylation sites is 1. The van der Waals surface area contributed by atoms with Gasteiger partial charge in [0.1, 0.15) is 18.0 Å². The lowest BCUT2D eigenvalue weighted by Gasteiger charge is -2.35. The van der Waals surface area contributed by atoms with E-state index in [1.807, 2.05) is 31.2 Å². The van der Waals surface area contributed by atoms with Crippen LogP contribution in [0.4, 0.5) is 10.2 Å². The summed E-state index contributed by atoms with van der Waals surface area (Å²) in [5.41, 5.74) is 3.53. The second kappa shape index (κ2) is 9.25. The van der Waals surface area contributed by atoms with Crippen molar-refractivity contribution in [3.63, 3.8) is 0 Å². The summed E-state index contributed by atoms with van der Waals surface area (Å²) in [4.78, 5) is 37.6. The lowest BCUT2D eigenvalue weighted by Crippen LogP contribution is -2.49. The van der Waals surface area contributed by atoms with E-state index in [1.54, 1.807) is 30.3 Å². The van der Waals surface area contributed by atoms with Crippen molar-refractivity contribution in [2.24, 2.45) is 0 Å². The highest BCUT2D eigenvalue weighted by Crippen LogP contribution is 2.24. The van der Waals surface area contributed by atoms with Gasteiger partial charge in [0.15, 0.2) is 0 Å². The molecule has 1 aliphatic heterocycles. The largest absolute Gasteiger partial charge is 0.352 e. The Morgan fingerprint density at radius 1 is 1.03 bits per heavy atom. The minimum atomic E-state index is -0.551. The molecular weight excluding hydrogens is 447 g/mol. The van der Waals surface area contributed by atoms with Gasteiger partial charge in [-0.25, -0.2) is 19.5 Å². The molecule has 0 saturated carbocycles. The highest BCUT2D eigenvalue weighted by molar-refractivity contribution is 5.95. The molecule has 1 N–H and O–H groups in total. The van der Waals surface area contributed by atoms with Crippen molar-refractivity contribution in [2.75, 3.05) is 31.1 Å². The van der Waals surface area contributed by atoms with Crippen molar-refractivity contribution in [3.05, 3.63) is 92.9 Å². The molecule has 1 fully saturated rings. The van der Waals surface area contributed by atoms with Gasteiger partial charge in [-0.05, 0) is 49.2 Å². The van der Waals surface area contributed by atoms with Crippen LogP contribution in [0.2, 0.25) is 0 Å². The van der Waals surface area contributed by atoms with Gasteiger partial charge in [0.2, 0.25) is 0 Å². The molecule has 3 heterocycles. The molecule has 0 unspecified atom stereocenters. The average molecular weight is 473 g/mol. The van der Waals surface area contributed by atoms with Crippen LogP contribution < -0.4 is 10.5 Å². The fourth-order valence-corrected chi connectivity index (χ4v) is 4.42. The highest BCUT2D eigenvalue weighted by atomic mass is 19.1. The van der Waals surface area contributed by atoms with Gasteiger partial charge < -0.3 is 9.80 Å². The maximum atomic E-state index is 14.7. The number of fused-ring (bicyclic) bond motifs is 1. The molecule has 9 heteroatoms. The number of aromatic nitrogens is 4. The molecular formula is C26H25FN6O2. The lowest BCUT2D eigenvalue weighted by atomic mass is 10.0. The third-order valence-corrected chi connectivity index (χ3v) is 6.65. The number of amides is 1. The predicted octanol–water partition coefficient (Wildman–Crippen LogP) is 3.02. The quantitative estimate of drug-likeness (QED) is 0.491. The second-order valence-corrected chi connectivity index (χ2v) is 8.73. The number of hydrogen-bond donors (Lipinski definition) is 1. The molecule has 1 saturated heterocycles. The summed E-state index contributed by atoms with van der Waals surface area (Å²) in [6, 6.07) is 12.4. The average Bonchev–Trinajstić information content (AvgIpc) is 2.89. The molecule has 1 amide bonds. The predicted molar refractivity (Wildman–Crippen MR) is 131 cm³/mol. The Labute approximate surface area is 201 Å². The van der Waals surface area contributed by atoms with Gasteiger partial charge in [-0.2, -0.15) is 5.10 Å². The number of rotatable bonds is 4. The third kappa shape index (κ3) is 4.37. The zero-order chi connectivity index (χ0) is 24.5. The van der Waals surface area contributed by atoms with Crippen molar-refractivity contribution in [1.29, 1.82) is 0 Å². The topological polar surface area (TPSA) is 95.1 Å². The van der Waals surface area contributed by atoms with Crippen LogP contribution in [0.1, 0.15) is 32.7 Å². The SMILES string of the molecule is Cc1c(Cc2ccc(F)c(C(=O)N3CCN(c4ncnc5ccccc45)CC3)c2)n[nH]c(=O)c1C. The number of nitrogens with zero attached hydrogens (tertiary/aromatic N) is 5. The summed E-state index contributed by atoms with van der Waals surface area (Å²) in [7, 11) is 0. The lowest BCUT2D eigenvalue weighted by molar-refractivity contribution is 0.0741. The van der Waals surface area contributed by atoms with Crippen LogP contribution >= 0.6 is 0 Å². The number of anilines is 1. The first-order chi connectivity index (χ1) is 16.9. The van der Waals surface area contributed by atoms with Crippen molar-refractivity contribution in [3.8, 4) is 0 Å². The van der Waals surface area contributed by atoms with Gasteiger partial charge in [-0.15, -0.1) is 0 Å². The van der Waals surface area contributed by atoms with E-state index < -0.39 is 5.82 Å². The first kappa shape index (κ1) is 22.6. The van der Waals surface area contributed by atoms with E-state index in [9.17, 15) is 14.0 Å². The van der Waals surface area contributed by atoms with E-state index in [2.05, 4.69) is 25.1 Å². The van der Waals surface area contributed by atoms with Crippen LogP contribution in [0.15, 0.2) is 53.6 Å². The zero-order valence-corrected chi connectivity index (χ0v) is 19.6. The van der Waals surface area contributed by atoms with Crippen LogP contribution in [0.25, 0.3) is 10.9 Å². The molecule has 2 aromatic heterocycles. The van der Waals surface area contributed by atoms with Crippen LogP contribution in [0, 0.1) is 19.7 Å². The molecule has 0 aliphatic carbocycles. The highest BCUT2D eigenvalue weighted by Gasteiger charge is 2.26. The number of carbonyl (C=O) groups excluding carboxylic acids is 1. The van der Waals surface area contributed by atoms with Crippen molar-refractivity contribution < 1.29 is 9.18 Å². The normalized spacial score (nSPS) is 13.9. The van der Waals surface area contributed by atoms with Crippen LogP contribution in [-0.4, -0.2) is 57.2 Å². The number of nitrogens with one attached hydrogen (secondary N) is 1. The van der Waals surface area contributed by atoms with Gasteiger partial charge >= 0.3 is 0 Å². The van der Waals surface area contributed by atoms with E-state index in [-0.39, 0.29) is 17.0 Å². The Bertz CT molecular complexity index is 1470. The molecule has 178 valence electrons. The van der Waals surface area contributed by atoms with E-state index in [0.717, 1.165) is 27.8 Å². The van der Waals surface area contributed by atoms with Gasteiger partial charge in [0.05, 0.1) is 16.8 Å². The summed E-state index contributed by atoms with van der Waals surface area (Å²) in [6.07, 6.45) is 1.94. The first-order valence-corrected chi connectivity index (χ1v) is 11.5. The van der Waals surface area contributed by atoms with Crippen LogP contribution in [-0.2, 0) is 6.42 Å². The summed E-state index contributed by atoms with van der Waals surface area (Å²) >= 11 is 0. The number of benzene rings is 2. The Balaban J connectivity index is 1.32. The number of hydrogen-bond acceptors (Lipinski definition) is 6. The Morgan fingerprint density at radius 2 is 1.80 bits per heavy atom. The smallest absolute Gasteiger partial charge is 0.267 e. The van der Waals surface area contributed by atoms with E-state index in [0.29, 0.717) is 43.9 Å². The number of aromatic amines is 1. The zero-order valence-electron chi connectivity index (χ0n) is 19.6. The minimum absolute atomic E-state index is 0.0437. The maximum Gasteiger partial charge on any atom is 0.267 e. The summed E-state index contributed by atoms with van der Waals surface area (Å²) in [5, 5.41) is 7.59. The van der Waals surface area contributed by atoms with Gasteiger partial charge in [-0.3, -0.25) is 9.59 Å². The number of piperazine rings is 1. The molecule has 5 rings (SSSR count). The van der Waals surface area contributed by atoms with Crippen molar-refractivity contribution in [2.45, 2.75) is 20.3 Å². The van der Waals surface area contributed by atoms with E-state index >= 15 is 0 Å². The van der Waals surface area contributed by atoms with Crippen molar-refractivity contribution >= 4 is 22.6 Å². The fraction of sp³-hybridized carbons (Fsp3) is 0.269. The minimum Gasteiger partial charge on any atom is -0.352 e. The summed E-state index contributed by atoms with van der Waals surface area (Å²) in [6.45, 7) is 5.68. The Kier molecular flexibility index (Phi) is 5.98. The van der Waals surface area contributed by atoms with Crippen LogP contribution in [0.5, 0.6) is 0 Å². The molecule has 4 aromatic rings. The van der Waals surface area contributed by atoms with Crippen molar-refractivity contribution in [1.82, 2.24) is 25.1 Å². The monoisotopic (exact) mass is 472 g/mol. The fourth-order valence-electron chi connectivity index (χ4n) is 4.42. The number of H-pyrrole nitrogens is 1. The van der Waals surface area contributed by atoms with Gasteiger partial charge in [-0.1, -0.05) is 18.2 Å². The second-order valence-electron chi connectivity index (χ2n) is 8.73. The molecule has 0 radical (unpaired) electrons. The van der Waals surface area contributed by atoms with E-state index in [1.165, 1.54) is 6.07 Å². The number of halogens is 1. The molecule has 1 aliphatic rings. The molecule has 0 spiro atoms. The molecule has 8 nitrogen and oxygen atoms in total. The van der Waals surface area contributed by atoms with Gasteiger partial charge in [0.25, 0.3) is 11.5 Å². The van der Waals surface area contributed by atoms with Crippen LogP contribution in [0.3, 0.4) is 0 Å². The standard InChI is InChI=1S/C26H25FN6O2/c1-16-17(2)25(34)31-30-23(16)14-18-7-8-21(27)20(13-18)26(35)33-11-9-32(10-12-33)24-19-5-3-4-6-22(19)28-15-29-24/h3-8,13,15H,9-12,14H2,1-2H3,(H,31,34). The molecule has 0 bridgehead atoms. The van der Waals surface area contributed by atoms with Gasteiger partial charge in [0, 0.05) is 43.5 Å². The Hall–Kier alpha value is -4.14. The van der Waals surface area contributed by atoms with E-state index in [4.69, 9.17) is 0 Å². The summed E-state index contributed by atoms with van der Waals surface area (Å²) in [5.74, 6) is -0.0425.